The molecule has 1 aliphatic rings. The van der Waals surface area contributed by atoms with Crippen LogP contribution < -0.4 is 5.32 Å². The summed E-state index contributed by atoms with van der Waals surface area (Å²) in [5, 5.41) is 23.4. The number of para-hydroxylation sites is 1. The second-order valence-corrected chi connectivity index (χ2v) is 11.3. The zero-order valence-corrected chi connectivity index (χ0v) is 20.9. The number of pyridine rings is 1. The molecule has 1 aliphatic heterocycles. The van der Waals surface area contributed by atoms with Gasteiger partial charge in [0.05, 0.1) is 22.5 Å². The molecule has 3 aromatic carbocycles. The molecule has 2 N–H and O–H groups in total. The molecule has 1 fully saturated rings. The highest BCUT2D eigenvalue weighted by Gasteiger charge is 2.39. The van der Waals surface area contributed by atoms with Gasteiger partial charge >= 0.3 is 0 Å². The Morgan fingerprint density at radius 2 is 1.59 bits per heavy atom. The SMILES string of the molecule is Cc1ccc(C2(O)CCN(S(=O)(=O)c3ccc(Nc4cccc5cccnc45)c4nonc34)CC2)cc1. The number of nitrogens with one attached hydrogen (secondary N) is 1. The largest absolute Gasteiger partial charge is 0.385 e. The molecule has 0 unspecified atom stereocenters. The monoisotopic (exact) mass is 515 g/mol. The van der Waals surface area contributed by atoms with Crippen LogP contribution in [-0.2, 0) is 15.6 Å². The number of benzene rings is 3. The van der Waals surface area contributed by atoms with Gasteiger partial charge in [0.1, 0.15) is 4.90 Å². The number of sulfonamides is 1. The molecule has 0 amide bonds. The Labute approximate surface area is 213 Å². The number of aromatic nitrogens is 3. The summed E-state index contributed by atoms with van der Waals surface area (Å²) in [6.07, 6.45) is 2.31. The van der Waals surface area contributed by atoms with Gasteiger partial charge in [-0.25, -0.2) is 13.0 Å². The normalized spacial score (nSPS) is 16.3. The van der Waals surface area contributed by atoms with Crippen molar-refractivity contribution in [3.8, 4) is 0 Å². The minimum Gasteiger partial charge on any atom is -0.385 e. The van der Waals surface area contributed by atoms with Crippen LogP contribution in [0, 0.1) is 6.92 Å². The number of aliphatic hydroxyl groups is 1. The lowest BCUT2D eigenvalue weighted by molar-refractivity contribution is -0.00961. The van der Waals surface area contributed by atoms with Crippen molar-refractivity contribution >= 4 is 43.3 Å². The third kappa shape index (κ3) is 4.12. The summed E-state index contributed by atoms with van der Waals surface area (Å²) in [5.74, 6) is 0. The van der Waals surface area contributed by atoms with Crippen LogP contribution in [0.1, 0.15) is 24.0 Å². The molecule has 3 heterocycles. The fraction of sp³-hybridized carbons (Fsp3) is 0.222. The summed E-state index contributed by atoms with van der Waals surface area (Å²) >= 11 is 0. The Bertz CT molecular complexity index is 1700. The molecule has 37 heavy (non-hydrogen) atoms. The van der Waals surface area contributed by atoms with E-state index in [0.29, 0.717) is 24.0 Å². The Kier molecular flexibility index (Phi) is 5.67. The first kappa shape index (κ1) is 23.5. The van der Waals surface area contributed by atoms with Crippen molar-refractivity contribution in [2.45, 2.75) is 30.3 Å². The Morgan fingerprint density at radius 3 is 2.38 bits per heavy atom. The standard InChI is InChI=1S/C27H25N5O4S/c1-18-7-9-20(10-8-18)27(33)13-16-32(17-14-27)37(34,35)23-12-11-22(25-26(23)31-36-30-25)29-21-6-2-4-19-5-3-15-28-24(19)21/h2-12,15,29,33H,13-14,16-17H2,1H3. The molecule has 9 nitrogen and oxygen atoms in total. The van der Waals surface area contributed by atoms with Gasteiger partial charge in [0.25, 0.3) is 0 Å². The van der Waals surface area contributed by atoms with E-state index in [4.69, 9.17) is 4.63 Å². The van der Waals surface area contributed by atoms with Crippen LogP contribution >= 0.6 is 0 Å². The summed E-state index contributed by atoms with van der Waals surface area (Å²) in [6.45, 7) is 2.35. The van der Waals surface area contributed by atoms with Crippen molar-refractivity contribution in [2.24, 2.45) is 0 Å². The average molecular weight is 516 g/mol. The van der Waals surface area contributed by atoms with Gasteiger partial charge in [0, 0.05) is 24.7 Å². The number of nitrogens with zero attached hydrogens (tertiary/aromatic N) is 4. The zero-order valence-electron chi connectivity index (χ0n) is 20.1. The van der Waals surface area contributed by atoms with E-state index in [1.54, 1.807) is 12.3 Å². The first-order chi connectivity index (χ1) is 17.8. The predicted octanol–water partition coefficient (Wildman–Crippen LogP) is 4.50. The van der Waals surface area contributed by atoms with Gasteiger partial charge in [0.2, 0.25) is 10.0 Å². The Morgan fingerprint density at radius 1 is 0.892 bits per heavy atom. The molecule has 5 aromatic rings. The van der Waals surface area contributed by atoms with Gasteiger partial charge in [-0.05, 0) is 59.9 Å². The fourth-order valence-corrected chi connectivity index (χ4v) is 6.45. The summed E-state index contributed by atoms with van der Waals surface area (Å²) in [4.78, 5) is 4.48. The maximum Gasteiger partial charge on any atom is 0.245 e. The molecule has 10 heteroatoms. The molecule has 1 saturated heterocycles. The van der Waals surface area contributed by atoms with Gasteiger partial charge in [-0.15, -0.1) is 0 Å². The molecule has 0 radical (unpaired) electrons. The number of fused-ring (bicyclic) bond motifs is 2. The molecule has 0 saturated carbocycles. The smallest absolute Gasteiger partial charge is 0.245 e. The lowest BCUT2D eigenvalue weighted by Gasteiger charge is -2.38. The molecular weight excluding hydrogens is 490 g/mol. The summed E-state index contributed by atoms with van der Waals surface area (Å²) < 4.78 is 33.6. The second-order valence-electron chi connectivity index (χ2n) is 9.38. The highest BCUT2D eigenvalue weighted by Crippen LogP contribution is 2.37. The quantitative estimate of drug-likeness (QED) is 0.351. The van der Waals surface area contributed by atoms with Gasteiger partial charge in [-0.3, -0.25) is 4.98 Å². The van der Waals surface area contributed by atoms with E-state index in [1.165, 1.54) is 10.4 Å². The Hall–Kier alpha value is -3.86. The Balaban J connectivity index is 1.29. The number of aryl methyl sites for hydroxylation is 1. The van der Waals surface area contributed by atoms with Gasteiger partial charge < -0.3 is 10.4 Å². The van der Waals surface area contributed by atoms with Crippen LogP contribution in [-0.4, -0.2) is 46.2 Å². The predicted molar refractivity (Wildman–Crippen MR) is 140 cm³/mol. The van der Waals surface area contributed by atoms with E-state index < -0.39 is 15.6 Å². The maximum absolute atomic E-state index is 13.6. The van der Waals surface area contributed by atoms with Crippen molar-refractivity contribution in [3.05, 3.63) is 84.1 Å². The van der Waals surface area contributed by atoms with Crippen LogP contribution in [0.5, 0.6) is 0 Å². The van der Waals surface area contributed by atoms with E-state index >= 15 is 0 Å². The minimum absolute atomic E-state index is 0.0196. The number of hydrogen-bond donors (Lipinski definition) is 2. The molecule has 6 rings (SSSR count). The molecule has 0 atom stereocenters. The second kappa shape index (κ2) is 8.91. The van der Waals surface area contributed by atoms with Gasteiger partial charge in [-0.2, -0.15) is 4.31 Å². The summed E-state index contributed by atoms with van der Waals surface area (Å²) in [6, 6.07) is 20.5. The van der Waals surface area contributed by atoms with Gasteiger partial charge in [-0.1, -0.05) is 48.0 Å². The van der Waals surface area contributed by atoms with E-state index in [1.807, 2.05) is 61.5 Å². The number of hydrogen-bond acceptors (Lipinski definition) is 8. The van der Waals surface area contributed by atoms with E-state index in [9.17, 15) is 13.5 Å². The summed E-state index contributed by atoms with van der Waals surface area (Å²) in [7, 11) is -3.90. The minimum atomic E-state index is -3.90. The fourth-order valence-electron chi connectivity index (χ4n) is 4.89. The third-order valence-electron chi connectivity index (χ3n) is 7.04. The molecule has 2 aromatic heterocycles. The number of piperidine rings is 1. The van der Waals surface area contributed by atoms with Crippen molar-refractivity contribution < 1.29 is 18.2 Å². The first-order valence-electron chi connectivity index (χ1n) is 12.0. The van der Waals surface area contributed by atoms with Crippen molar-refractivity contribution in [1.82, 2.24) is 19.6 Å². The van der Waals surface area contributed by atoms with Crippen molar-refractivity contribution in [3.63, 3.8) is 0 Å². The zero-order chi connectivity index (χ0) is 25.6. The van der Waals surface area contributed by atoms with E-state index in [0.717, 1.165) is 27.7 Å². The van der Waals surface area contributed by atoms with Gasteiger partial charge in [0.15, 0.2) is 11.0 Å². The molecule has 188 valence electrons. The highest BCUT2D eigenvalue weighted by atomic mass is 32.2. The third-order valence-corrected chi connectivity index (χ3v) is 8.97. The van der Waals surface area contributed by atoms with Crippen molar-refractivity contribution in [1.29, 1.82) is 0 Å². The first-order valence-corrected chi connectivity index (χ1v) is 13.4. The molecule has 0 aliphatic carbocycles. The van der Waals surface area contributed by atoms with E-state index in [2.05, 4.69) is 20.6 Å². The van der Waals surface area contributed by atoms with E-state index in [-0.39, 0.29) is 23.5 Å². The van der Waals surface area contributed by atoms with Crippen molar-refractivity contribution in [2.75, 3.05) is 18.4 Å². The average Bonchev–Trinajstić information content (AvgIpc) is 3.40. The lowest BCUT2D eigenvalue weighted by atomic mass is 9.85. The van der Waals surface area contributed by atoms with Crippen LogP contribution in [0.15, 0.2) is 82.5 Å². The van der Waals surface area contributed by atoms with Crippen LogP contribution in [0.25, 0.3) is 21.9 Å². The number of rotatable bonds is 5. The van der Waals surface area contributed by atoms with Crippen LogP contribution in [0.2, 0.25) is 0 Å². The van der Waals surface area contributed by atoms with Crippen LogP contribution in [0.3, 0.4) is 0 Å². The highest BCUT2D eigenvalue weighted by molar-refractivity contribution is 7.89. The van der Waals surface area contributed by atoms with Crippen LogP contribution in [0.4, 0.5) is 11.4 Å². The maximum atomic E-state index is 13.6. The topological polar surface area (TPSA) is 121 Å². The molecule has 0 bridgehead atoms. The lowest BCUT2D eigenvalue weighted by Crippen LogP contribution is -2.45. The number of anilines is 2. The molecule has 0 spiro atoms. The summed E-state index contributed by atoms with van der Waals surface area (Å²) in [5.41, 5.74) is 3.39. The molecular formula is C27H25N5O4S.